The average molecular weight is 517 g/mol. The Hall–Kier alpha value is -1.43. The molecule has 0 amide bonds. The molecule has 6 nitrogen and oxygen atoms in total. The molecule has 1 aliphatic rings. The molecule has 0 aliphatic carbocycles. The molecule has 1 N–H and O–H groups in total. The first kappa shape index (κ1) is 24.6. The highest BCUT2D eigenvalue weighted by Gasteiger charge is 2.29. The summed E-state index contributed by atoms with van der Waals surface area (Å²) < 4.78 is 52.1. The topological polar surface area (TPSA) is 55.3 Å². The van der Waals surface area contributed by atoms with Crippen molar-refractivity contribution < 1.29 is 27.4 Å². The predicted octanol–water partition coefficient (Wildman–Crippen LogP) is 3.30. The average Bonchev–Trinajstić information content (AvgIpc) is 3.09. The summed E-state index contributed by atoms with van der Waals surface area (Å²) in [6.45, 7) is 1.62. The second kappa shape index (κ2) is 11.5. The molecular formula is C18H27F3IN3O3. The Balaban J connectivity index is 0.00000392. The highest BCUT2D eigenvalue weighted by Crippen LogP contribution is 2.29. The number of methoxy groups -OCH3 is 2. The number of halogens is 4. The van der Waals surface area contributed by atoms with Crippen molar-refractivity contribution in [3.63, 3.8) is 0 Å². The van der Waals surface area contributed by atoms with Crippen molar-refractivity contribution in [2.45, 2.75) is 19.1 Å². The molecular weight excluding hydrogens is 490 g/mol. The van der Waals surface area contributed by atoms with Crippen LogP contribution in [0.5, 0.6) is 11.5 Å². The Morgan fingerprint density at radius 1 is 1.29 bits per heavy atom. The molecule has 0 spiro atoms. The van der Waals surface area contributed by atoms with E-state index in [1.165, 1.54) is 13.2 Å². The lowest BCUT2D eigenvalue weighted by Crippen LogP contribution is -2.39. The van der Waals surface area contributed by atoms with Crippen molar-refractivity contribution in [2.24, 2.45) is 10.9 Å². The zero-order chi connectivity index (χ0) is 19.9. The summed E-state index contributed by atoms with van der Waals surface area (Å²) in [5, 5.41) is 3.28. The predicted molar refractivity (Wildman–Crippen MR) is 112 cm³/mol. The van der Waals surface area contributed by atoms with Gasteiger partial charge in [-0.15, -0.1) is 24.0 Å². The number of rotatable bonds is 7. The number of guanidine groups is 1. The Morgan fingerprint density at radius 3 is 2.64 bits per heavy atom. The number of ether oxygens (including phenoxy) is 3. The summed E-state index contributed by atoms with van der Waals surface area (Å²) in [6.07, 6.45) is -3.35. The highest BCUT2D eigenvalue weighted by molar-refractivity contribution is 14.0. The molecule has 1 fully saturated rings. The molecule has 1 saturated heterocycles. The van der Waals surface area contributed by atoms with E-state index in [1.807, 2.05) is 0 Å². The number of hydrogen-bond donors (Lipinski definition) is 1. The molecule has 0 radical (unpaired) electrons. The smallest absolute Gasteiger partial charge is 0.422 e. The summed E-state index contributed by atoms with van der Waals surface area (Å²) in [6, 6.07) is 4.84. The van der Waals surface area contributed by atoms with E-state index in [4.69, 9.17) is 14.2 Å². The van der Waals surface area contributed by atoms with E-state index < -0.39 is 12.8 Å². The maximum absolute atomic E-state index is 12.3. The summed E-state index contributed by atoms with van der Waals surface area (Å²) >= 11 is 0. The molecule has 2 rings (SSSR count). The third kappa shape index (κ3) is 7.53. The first-order valence-electron chi connectivity index (χ1n) is 8.67. The molecule has 1 aromatic carbocycles. The van der Waals surface area contributed by atoms with Crippen molar-refractivity contribution in [3.05, 3.63) is 23.8 Å². The van der Waals surface area contributed by atoms with E-state index in [0.717, 1.165) is 37.6 Å². The summed E-state index contributed by atoms with van der Waals surface area (Å²) in [4.78, 5) is 6.47. The van der Waals surface area contributed by atoms with Crippen molar-refractivity contribution in [1.29, 1.82) is 0 Å². The van der Waals surface area contributed by atoms with E-state index in [1.54, 1.807) is 26.3 Å². The number of aliphatic imine (C=N–C) groups is 1. The largest absolute Gasteiger partial charge is 0.493 e. The van der Waals surface area contributed by atoms with Gasteiger partial charge >= 0.3 is 6.18 Å². The molecule has 160 valence electrons. The van der Waals surface area contributed by atoms with Gasteiger partial charge in [0.15, 0.2) is 24.1 Å². The second-order valence-corrected chi connectivity index (χ2v) is 6.35. The first-order valence-corrected chi connectivity index (χ1v) is 8.67. The van der Waals surface area contributed by atoms with Crippen LogP contribution in [0, 0.1) is 5.92 Å². The fourth-order valence-electron chi connectivity index (χ4n) is 3.01. The monoisotopic (exact) mass is 517 g/mol. The van der Waals surface area contributed by atoms with Crippen LogP contribution in [0.1, 0.15) is 12.0 Å². The second-order valence-electron chi connectivity index (χ2n) is 6.35. The molecule has 1 aliphatic heterocycles. The van der Waals surface area contributed by atoms with Gasteiger partial charge in [0.1, 0.15) is 0 Å². The lowest BCUT2D eigenvalue weighted by Gasteiger charge is -2.22. The van der Waals surface area contributed by atoms with Crippen molar-refractivity contribution in [1.82, 2.24) is 10.2 Å². The number of likely N-dealkylation sites (tertiary alicyclic amines) is 1. The quantitative estimate of drug-likeness (QED) is 0.342. The molecule has 1 atom stereocenters. The van der Waals surface area contributed by atoms with E-state index in [0.29, 0.717) is 12.5 Å². The fraction of sp³-hybridized carbons (Fsp3) is 0.611. The lowest BCUT2D eigenvalue weighted by atomic mass is 10.1. The summed E-state index contributed by atoms with van der Waals surface area (Å²) in [7, 11) is 4.82. The van der Waals surface area contributed by atoms with Gasteiger partial charge in [0.05, 0.1) is 13.7 Å². The molecule has 0 bridgehead atoms. The number of nitrogens with one attached hydrogen (secondary N) is 1. The normalized spacial score (nSPS) is 17.3. The van der Waals surface area contributed by atoms with Gasteiger partial charge in [0.2, 0.25) is 0 Å². The molecule has 1 unspecified atom stereocenters. The zero-order valence-corrected chi connectivity index (χ0v) is 18.5. The van der Waals surface area contributed by atoms with Crippen molar-refractivity contribution in [2.75, 3.05) is 47.6 Å². The van der Waals surface area contributed by atoms with Crippen LogP contribution in [0.4, 0.5) is 13.2 Å². The standard InChI is InChI=1S/C18H26F3N3O3.HI/c1-22-17(24-7-6-14(10-24)11-25-2)23-9-13-4-5-15(16(8-13)26-3)27-12-18(19,20)21;/h4-5,8,14H,6-7,9-12H2,1-3H3,(H,22,23);1H. The van der Waals surface area contributed by atoms with Gasteiger partial charge in [-0.2, -0.15) is 13.2 Å². The minimum Gasteiger partial charge on any atom is -0.493 e. The summed E-state index contributed by atoms with van der Waals surface area (Å²) in [5.74, 6) is 1.59. The van der Waals surface area contributed by atoms with Crippen LogP contribution in [0.2, 0.25) is 0 Å². The van der Waals surface area contributed by atoms with Crippen molar-refractivity contribution in [3.8, 4) is 11.5 Å². The van der Waals surface area contributed by atoms with Gasteiger partial charge in [0, 0.05) is 39.7 Å². The van der Waals surface area contributed by atoms with Crippen LogP contribution in [0.3, 0.4) is 0 Å². The third-order valence-electron chi connectivity index (χ3n) is 4.27. The van der Waals surface area contributed by atoms with E-state index >= 15 is 0 Å². The minimum absolute atomic E-state index is 0. The minimum atomic E-state index is -4.39. The maximum atomic E-state index is 12.3. The maximum Gasteiger partial charge on any atom is 0.422 e. The van der Waals surface area contributed by atoms with Crippen LogP contribution in [0.15, 0.2) is 23.2 Å². The summed E-state index contributed by atoms with van der Waals surface area (Å²) in [5.41, 5.74) is 0.847. The van der Waals surface area contributed by atoms with Gasteiger partial charge in [-0.25, -0.2) is 0 Å². The Bertz CT molecular complexity index is 644. The molecule has 10 heteroatoms. The van der Waals surface area contributed by atoms with Gasteiger partial charge in [-0.1, -0.05) is 6.07 Å². The van der Waals surface area contributed by atoms with E-state index in [9.17, 15) is 13.2 Å². The fourth-order valence-corrected chi connectivity index (χ4v) is 3.01. The lowest BCUT2D eigenvalue weighted by molar-refractivity contribution is -0.153. The number of nitrogens with zero attached hydrogens (tertiary/aromatic N) is 2. The van der Waals surface area contributed by atoms with Gasteiger partial charge in [-0.05, 0) is 24.1 Å². The molecule has 28 heavy (non-hydrogen) atoms. The van der Waals surface area contributed by atoms with Crippen LogP contribution in [-0.2, 0) is 11.3 Å². The third-order valence-corrected chi connectivity index (χ3v) is 4.27. The highest BCUT2D eigenvalue weighted by atomic mass is 127. The van der Waals surface area contributed by atoms with Crippen molar-refractivity contribution >= 4 is 29.9 Å². The SMILES string of the molecule is CN=C(NCc1ccc(OCC(F)(F)F)c(OC)c1)N1CCC(COC)C1.I. The number of benzene rings is 1. The van der Waals surface area contributed by atoms with Gasteiger partial charge in [0.25, 0.3) is 0 Å². The van der Waals surface area contributed by atoms with Crippen LogP contribution >= 0.6 is 24.0 Å². The Morgan fingerprint density at radius 2 is 2.04 bits per heavy atom. The van der Waals surface area contributed by atoms with Gasteiger partial charge in [-0.3, -0.25) is 4.99 Å². The molecule has 1 aromatic rings. The van der Waals surface area contributed by atoms with E-state index in [2.05, 4.69) is 15.2 Å². The Labute approximate surface area is 180 Å². The van der Waals surface area contributed by atoms with Crippen LogP contribution < -0.4 is 14.8 Å². The zero-order valence-electron chi connectivity index (χ0n) is 16.2. The van der Waals surface area contributed by atoms with E-state index in [-0.39, 0.29) is 35.5 Å². The number of hydrogen-bond acceptors (Lipinski definition) is 4. The molecule has 0 aromatic heterocycles. The number of alkyl halides is 3. The molecule has 1 heterocycles. The Kier molecular flexibility index (Phi) is 10.1. The van der Waals surface area contributed by atoms with Crippen LogP contribution in [-0.4, -0.2) is 64.6 Å². The first-order chi connectivity index (χ1) is 12.9. The van der Waals surface area contributed by atoms with Crippen LogP contribution in [0.25, 0.3) is 0 Å². The molecule has 0 saturated carbocycles. The van der Waals surface area contributed by atoms with Gasteiger partial charge < -0.3 is 24.4 Å².